The molecule has 0 radical (unpaired) electrons. The van der Waals surface area contributed by atoms with E-state index in [1.807, 2.05) is 18.4 Å². The van der Waals surface area contributed by atoms with Crippen molar-refractivity contribution < 1.29 is 19.0 Å². The molecule has 19 heavy (non-hydrogen) atoms. The normalized spacial score (nSPS) is 10.9. The maximum atomic E-state index is 13.8. The average molecular weight is 265 g/mol. The van der Waals surface area contributed by atoms with Crippen LogP contribution < -0.4 is 4.74 Å². The van der Waals surface area contributed by atoms with Crippen molar-refractivity contribution in [1.82, 2.24) is 4.57 Å². The van der Waals surface area contributed by atoms with Gasteiger partial charge < -0.3 is 14.4 Å². The molecule has 1 N–H and O–H groups in total. The molecule has 2 aromatic rings. The van der Waals surface area contributed by atoms with Crippen LogP contribution in [0.2, 0.25) is 0 Å². The molecule has 0 saturated carbocycles. The summed E-state index contributed by atoms with van der Waals surface area (Å²) in [4.78, 5) is 11.0. The van der Waals surface area contributed by atoms with E-state index < -0.39 is 11.8 Å². The number of carboxylic acids is 1. The van der Waals surface area contributed by atoms with Crippen molar-refractivity contribution in [1.29, 1.82) is 0 Å². The van der Waals surface area contributed by atoms with Crippen molar-refractivity contribution in [3.8, 4) is 5.75 Å². The highest BCUT2D eigenvalue weighted by Gasteiger charge is 2.18. The number of nitrogens with zero attached hydrogens (tertiary/aromatic N) is 1. The number of halogens is 1. The van der Waals surface area contributed by atoms with Gasteiger partial charge in [0.05, 0.1) is 19.0 Å². The average Bonchev–Trinajstić information content (AvgIpc) is 2.60. The van der Waals surface area contributed by atoms with E-state index in [4.69, 9.17) is 9.84 Å². The zero-order valence-corrected chi connectivity index (χ0v) is 11.2. The Hall–Kier alpha value is -2.04. The molecule has 2 rings (SSSR count). The van der Waals surface area contributed by atoms with Crippen LogP contribution in [-0.2, 0) is 17.8 Å². The van der Waals surface area contributed by atoms with E-state index in [2.05, 4.69) is 0 Å². The Bertz CT molecular complexity index is 646. The molecule has 0 atom stereocenters. The van der Waals surface area contributed by atoms with Crippen LogP contribution in [0.25, 0.3) is 10.9 Å². The molecule has 0 aliphatic rings. The fourth-order valence-corrected chi connectivity index (χ4v) is 2.48. The molecule has 0 aliphatic heterocycles. The molecule has 1 heterocycles. The summed E-state index contributed by atoms with van der Waals surface area (Å²) in [6.07, 6.45) is -0.0792. The number of fused-ring (bicyclic) bond motifs is 1. The number of benzene rings is 1. The molecule has 0 unspecified atom stereocenters. The minimum Gasteiger partial charge on any atom is -0.494 e. The van der Waals surface area contributed by atoms with Crippen LogP contribution in [0.4, 0.5) is 4.39 Å². The molecule has 0 saturated heterocycles. The topological polar surface area (TPSA) is 51.5 Å². The third kappa shape index (κ3) is 2.16. The van der Waals surface area contributed by atoms with E-state index in [-0.39, 0.29) is 12.2 Å². The number of methoxy groups -OCH3 is 1. The quantitative estimate of drug-likeness (QED) is 0.924. The summed E-state index contributed by atoms with van der Waals surface area (Å²) < 4.78 is 20.7. The molecule has 0 bridgehead atoms. The molecule has 4 nitrogen and oxygen atoms in total. The van der Waals surface area contributed by atoms with Gasteiger partial charge in [-0.1, -0.05) is 0 Å². The van der Waals surface area contributed by atoms with Gasteiger partial charge in [0.2, 0.25) is 0 Å². The zero-order chi connectivity index (χ0) is 14.2. The Balaban J connectivity index is 2.79. The first-order valence-corrected chi connectivity index (χ1v) is 6.06. The molecule has 0 fully saturated rings. The van der Waals surface area contributed by atoms with Crippen molar-refractivity contribution in [3.05, 3.63) is 29.2 Å². The molecule has 0 amide bonds. The van der Waals surface area contributed by atoms with Crippen LogP contribution in [0.3, 0.4) is 0 Å². The molecule has 1 aromatic carbocycles. The maximum absolute atomic E-state index is 13.8. The highest BCUT2D eigenvalue weighted by molar-refractivity contribution is 5.90. The predicted molar refractivity (Wildman–Crippen MR) is 70.2 cm³/mol. The van der Waals surface area contributed by atoms with Gasteiger partial charge in [-0.25, -0.2) is 4.39 Å². The Labute approximate surface area is 110 Å². The van der Waals surface area contributed by atoms with Gasteiger partial charge >= 0.3 is 5.97 Å². The Kier molecular flexibility index (Phi) is 3.46. The monoisotopic (exact) mass is 265 g/mol. The lowest BCUT2D eigenvalue weighted by Crippen LogP contribution is -2.03. The first kappa shape index (κ1) is 13.4. The summed E-state index contributed by atoms with van der Waals surface area (Å²) in [5.41, 5.74) is 2.27. The Morgan fingerprint density at radius 3 is 2.68 bits per heavy atom. The van der Waals surface area contributed by atoms with Gasteiger partial charge in [0.1, 0.15) is 0 Å². The third-order valence-corrected chi connectivity index (χ3v) is 3.37. The lowest BCUT2D eigenvalue weighted by molar-refractivity contribution is -0.136. The fraction of sp³-hybridized carbons (Fsp3) is 0.357. The summed E-state index contributed by atoms with van der Waals surface area (Å²) in [5.74, 6) is -1.21. The molecular formula is C14H16FNO3. The Morgan fingerprint density at radius 2 is 2.16 bits per heavy atom. The second-order valence-corrected chi connectivity index (χ2v) is 4.38. The number of hydrogen-bond donors (Lipinski definition) is 1. The number of aliphatic carboxylic acids is 1. The van der Waals surface area contributed by atoms with Crippen LogP contribution >= 0.6 is 0 Å². The third-order valence-electron chi connectivity index (χ3n) is 3.37. The number of carboxylic acid groups (broad SMARTS) is 1. The maximum Gasteiger partial charge on any atom is 0.307 e. The van der Waals surface area contributed by atoms with E-state index in [1.54, 1.807) is 6.07 Å². The largest absolute Gasteiger partial charge is 0.494 e. The van der Waals surface area contributed by atoms with E-state index in [0.717, 1.165) is 11.1 Å². The summed E-state index contributed by atoms with van der Waals surface area (Å²) in [6, 6.07) is 2.97. The van der Waals surface area contributed by atoms with E-state index in [0.29, 0.717) is 17.6 Å². The van der Waals surface area contributed by atoms with E-state index >= 15 is 0 Å². The molecule has 1 aromatic heterocycles. The lowest BCUT2D eigenvalue weighted by atomic mass is 10.1. The Morgan fingerprint density at radius 1 is 1.47 bits per heavy atom. The molecule has 5 heteroatoms. The number of hydrogen-bond acceptors (Lipinski definition) is 2. The van der Waals surface area contributed by atoms with Crippen molar-refractivity contribution in [2.75, 3.05) is 7.11 Å². The number of aromatic nitrogens is 1. The first-order valence-electron chi connectivity index (χ1n) is 6.06. The molecule has 0 spiro atoms. The number of carbonyl (C=O) groups is 1. The standard InChI is InChI=1S/C14H16FNO3/c1-4-16-8(2)9(6-14(17)18)10-5-13(19-3)11(15)7-12(10)16/h5,7H,4,6H2,1-3H3,(H,17,18). The molecule has 102 valence electrons. The smallest absolute Gasteiger partial charge is 0.307 e. The zero-order valence-electron chi connectivity index (χ0n) is 11.2. The van der Waals surface area contributed by atoms with Gasteiger partial charge in [0.25, 0.3) is 0 Å². The van der Waals surface area contributed by atoms with Crippen LogP contribution in [0.5, 0.6) is 5.75 Å². The van der Waals surface area contributed by atoms with Gasteiger partial charge in [0, 0.05) is 23.7 Å². The summed E-state index contributed by atoms with van der Waals surface area (Å²) in [5, 5.41) is 9.74. The SMILES string of the molecule is CCn1c(C)c(CC(=O)O)c2cc(OC)c(F)cc21. The van der Waals surface area contributed by atoms with Crippen molar-refractivity contribution in [2.45, 2.75) is 26.8 Å². The highest BCUT2D eigenvalue weighted by atomic mass is 19.1. The predicted octanol–water partition coefficient (Wildman–Crippen LogP) is 2.74. The number of rotatable bonds is 4. The van der Waals surface area contributed by atoms with Gasteiger partial charge in [-0.05, 0) is 25.5 Å². The molecular weight excluding hydrogens is 249 g/mol. The summed E-state index contributed by atoms with van der Waals surface area (Å²) in [7, 11) is 1.39. The van der Waals surface area contributed by atoms with Gasteiger partial charge in [-0.2, -0.15) is 0 Å². The molecule has 0 aliphatic carbocycles. The van der Waals surface area contributed by atoms with Crippen LogP contribution in [0.1, 0.15) is 18.2 Å². The van der Waals surface area contributed by atoms with Crippen LogP contribution in [0.15, 0.2) is 12.1 Å². The summed E-state index contributed by atoms with van der Waals surface area (Å²) in [6.45, 7) is 4.46. The van der Waals surface area contributed by atoms with Crippen molar-refractivity contribution in [3.63, 3.8) is 0 Å². The minimum absolute atomic E-state index is 0.0792. The second kappa shape index (κ2) is 4.91. The van der Waals surface area contributed by atoms with E-state index in [9.17, 15) is 9.18 Å². The number of aryl methyl sites for hydroxylation is 1. The van der Waals surface area contributed by atoms with Gasteiger partial charge in [-0.3, -0.25) is 4.79 Å². The van der Waals surface area contributed by atoms with Crippen molar-refractivity contribution in [2.24, 2.45) is 0 Å². The van der Waals surface area contributed by atoms with E-state index in [1.165, 1.54) is 13.2 Å². The summed E-state index contributed by atoms with van der Waals surface area (Å²) >= 11 is 0. The lowest BCUT2D eigenvalue weighted by Gasteiger charge is -2.05. The second-order valence-electron chi connectivity index (χ2n) is 4.38. The van der Waals surface area contributed by atoms with Crippen LogP contribution in [0, 0.1) is 12.7 Å². The number of ether oxygens (including phenoxy) is 1. The van der Waals surface area contributed by atoms with Gasteiger partial charge in [-0.15, -0.1) is 0 Å². The minimum atomic E-state index is -0.901. The van der Waals surface area contributed by atoms with Crippen molar-refractivity contribution >= 4 is 16.9 Å². The first-order chi connectivity index (χ1) is 8.99. The highest BCUT2D eigenvalue weighted by Crippen LogP contribution is 2.31. The van der Waals surface area contributed by atoms with Gasteiger partial charge in [0.15, 0.2) is 11.6 Å². The van der Waals surface area contributed by atoms with Crippen LogP contribution in [-0.4, -0.2) is 22.8 Å². The fourth-order valence-electron chi connectivity index (χ4n) is 2.48.